The second-order valence-electron chi connectivity index (χ2n) is 8.04. The molecule has 2 aliphatic rings. The van der Waals surface area contributed by atoms with E-state index in [9.17, 15) is 0 Å². The van der Waals surface area contributed by atoms with E-state index < -0.39 is 0 Å². The van der Waals surface area contributed by atoms with Crippen molar-refractivity contribution in [3.63, 3.8) is 0 Å². The zero-order valence-electron chi connectivity index (χ0n) is 13.6. The van der Waals surface area contributed by atoms with Crippen LogP contribution >= 0.6 is 0 Å². The molecule has 1 aromatic carbocycles. The first kappa shape index (κ1) is 14.1. The van der Waals surface area contributed by atoms with E-state index in [1.54, 1.807) is 5.56 Å². The van der Waals surface area contributed by atoms with E-state index in [0.717, 1.165) is 24.4 Å². The summed E-state index contributed by atoms with van der Waals surface area (Å²) < 4.78 is 0. The third-order valence-corrected chi connectivity index (χ3v) is 5.23. The van der Waals surface area contributed by atoms with Crippen LogP contribution in [0.2, 0.25) is 0 Å². The molecule has 1 heteroatoms. The number of rotatable bonds is 5. The predicted molar refractivity (Wildman–Crippen MR) is 86.2 cm³/mol. The highest BCUT2D eigenvalue weighted by Gasteiger charge is 2.60. The Labute approximate surface area is 124 Å². The molecule has 0 aliphatic heterocycles. The molecule has 20 heavy (non-hydrogen) atoms. The largest absolute Gasteiger partial charge is 0.316 e. The van der Waals surface area contributed by atoms with Gasteiger partial charge in [-0.15, -0.1) is 0 Å². The van der Waals surface area contributed by atoms with E-state index in [-0.39, 0.29) is 0 Å². The van der Waals surface area contributed by atoms with Gasteiger partial charge in [-0.2, -0.15) is 0 Å². The van der Waals surface area contributed by atoms with Gasteiger partial charge in [-0.05, 0) is 63.0 Å². The van der Waals surface area contributed by atoms with Gasteiger partial charge in [-0.1, -0.05) is 43.2 Å². The van der Waals surface area contributed by atoms with Gasteiger partial charge in [0, 0.05) is 12.0 Å². The third-order valence-electron chi connectivity index (χ3n) is 5.23. The molecule has 1 N–H and O–H groups in total. The highest BCUT2D eigenvalue weighted by atomic mass is 14.9. The fourth-order valence-electron chi connectivity index (χ4n) is 4.23. The molecule has 1 nitrogen and oxygen atoms in total. The Morgan fingerprint density at radius 1 is 1.05 bits per heavy atom. The molecule has 2 saturated carbocycles. The monoisotopic (exact) mass is 271 g/mol. The Morgan fingerprint density at radius 2 is 1.65 bits per heavy atom. The zero-order valence-corrected chi connectivity index (χ0v) is 13.6. The van der Waals surface area contributed by atoms with Gasteiger partial charge in [-0.25, -0.2) is 0 Å². The molecule has 0 bridgehead atoms. The van der Waals surface area contributed by atoms with Crippen molar-refractivity contribution >= 4 is 0 Å². The van der Waals surface area contributed by atoms with Crippen molar-refractivity contribution in [3.05, 3.63) is 34.9 Å². The third kappa shape index (κ3) is 2.65. The lowest BCUT2D eigenvalue weighted by Gasteiger charge is -2.50. The fourth-order valence-corrected chi connectivity index (χ4v) is 4.23. The lowest BCUT2D eigenvalue weighted by atomic mass is 9.56. The van der Waals surface area contributed by atoms with E-state index >= 15 is 0 Å². The number of hydrogen-bond acceptors (Lipinski definition) is 1. The average molecular weight is 271 g/mol. The highest BCUT2D eigenvalue weighted by Crippen LogP contribution is 2.68. The molecule has 2 fully saturated rings. The molecule has 3 rings (SSSR count). The smallest absolute Gasteiger partial charge is 0.00885 e. The van der Waals surface area contributed by atoms with E-state index in [1.807, 2.05) is 0 Å². The van der Waals surface area contributed by atoms with E-state index in [1.165, 1.54) is 36.8 Å². The van der Waals surface area contributed by atoms with Gasteiger partial charge in [-0.3, -0.25) is 0 Å². The molecule has 1 spiro atoms. The normalized spacial score (nSPS) is 22.1. The Balaban J connectivity index is 1.78. The summed E-state index contributed by atoms with van der Waals surface area (Å²) in [5.41, 5.74) is 5.59. The van der Waals surface area contributed by atoms with E-state index in [4.69, 9.17) is 0 Å². The van der Waals surface area contributed by atoms with Crippen LogP contribution in [-0.4, -0.2) is 13.1 Å². The molecule has 1 aromatic rings. The Hall–Kier alpha value is -0.820. The lowest BCUT2D eigenvalue weighted by molar-refractivity contribution is 0.115. The molecular formula is C19H29N. The summed E-state index contributed by atoms with van der Waals surface area (Å²) in [5.74, 6) is 0.737. The maximum atomic E-state index is 3.73. The van der Waals surface area contributed by atoms with Gasteiger partial charge in [0.05, 0.1) is 0 Å². The summed E-state index contributed by atoms with van der Waals surface area (Å²) in [6, 6.07) is 7.16. The molecule has 0 aromatic heterocycles. The second-order valence-corrected chi connectivity index (χ2v) is 8.04. The summed E-state index contributed by atoms with van der Waals surface area (Å²) >= 11 is 0. The van der Waals surface area contributed by atoms with Crippen LogP contribution < -0.4 is 5.32 Å². The number of benzene rings is 1. The standard InChI is InChI=1S/C19H29N/c1-14(2)10-20-13-19(11-18(12-19)5-6-18)17-8-15(3)7-16(4)9-17/h7-9,14,20H,5-6,10-13H2,1-4H3. The summed E-state index contributed by atoms with van der Waals surface area (Å²) in [4.78, 5) is 0. The van der Waals surface area contributed by atoms with Crippen LogP contribution in [0, 0.1) is 25.2 Å². The van der Waals surface area contributed by atoms with Crippen molar-refractivity contribution in [1.82, 2.24) is 5.32 Å². The quantitative estimate of drug-likeness (QED) is 0.839. The van der Waals surface area contributed by atoms with Crippen LogP contribution in [0.1, 0.15) is 56.2 Å². The first-order valence-corrected chi connectivity index (χ1v) is 8.23. The Bertz CT molecular complexity index is 468. The maximum Gasteiger partial charge on any atom is 0.00885 e. The van der Waals surface area contributed by atoms with Crippen LogP contribution in [0.5, 0.6) is 0 Å². The molecule has 0 atom stereocenters. The SMILES string of the molecule is Cc1cc(C)cc(C2(CNCC(C)C)CC3(CC3)C2)c1. The van der Waals surface area contributed by atoms with Crippen LogP contribution in [0.25, 0.3) is 0 Å². The summed E-state index contributed by atoms with van der Waals surface area (Å²) in [5, 5.41) is 3.73. The van der Waals surface area contributed by atoms with Crippen molar-refractivity contribution in [1.29, 1.82) is 0 Å². The number of nitrogens with one attached hydrogen (secondary N) is 1. The summed E-state index contributed by atoms with van der Waals surface area (Å²) in [7, 11) is 0. The summed E-state index contributed by atoms with van der Waals surface area (Å²) in [6.07, 6.45) is 5.77. The van der Waals surface area contributed by atoms with Crippen LogP contribution in [0.3, 0.4) is 0 Å². The maximum absolute atomic E-state index is 3.73. The lowest BCUT2D eigenvalue weighted by Crippen LogP contribution is -2.50. The molecule has 0 unspecified atom stereocenters. The van der Waals surface area contributed by atoms with Crippen LogP contribution in [-0.2, 0) is 5.41 Å². The van der Waals surface area contributed by atoms with Gasteiger partial charge in [0.2, 0.25) is 0 Å². The molecule has 0 saturated heterocycles. The van der Waals surface area contributed by atoms with Crippen LogP contribution in [0.15, 0.2) is 18.2 Å². The minimum Gasteiger partial charge on any atom is -0.316 e. The molecule has 2 aliphatic carbocycles. The van der Waals surface area contributed by atoms with Gasteiger partial charge in [0.1, 0.15) is 0 Å². The summed E-state index contributed by atoms with van der Waals surface area (Å²) in [6.45, 7) is 11.4. The first-order valence-electron chi connectivity index (χ1n) is 8.23. The number of hydrogen-bond donors (Lipinski definition) is 1. The Kier molecular flexibility index (Phi) is 3.44. The fraction of sp³-hybridized carbons (Fsp3) is 0.684. The van der Waals surface area contributed by atoms with Gasteiger partial charge < -0.3 is 5.32 Å². The first-order chi connectivity index (χ1) is 9.43. The number of aryl methyl sites for hydroxylation is 2. The minimum atomic E-state index is 0.419. The predicted octanol–water partition coefficient (Wildman–Crippen LogP) is 4.36. The van der Waals surface area contributed by atoms with E-state index in [2.05, 4.69) is 51.2 Å². The van der Waals surface area contributed by atoms with Crippen molar-refractivity contribution in [2.75, 3.05) is 13.1 Å². The minimum absolute atomic E-state index is 0.419. The average Bonchev–Trinajstić information content (AvgIpc) is 3.06. The molecule has 0 amide bonds. The van der Waals surface area contributed by atoms with Crippen molar-refractivity contribution in [3.8, 4) is 0 Å². The topological polar surface area (TPSA) is 12.0 Å². The van der Waals surface area contributed by atoms with Crippen molar-refractivity contribution in [2.24, 2.45) is 11.3 Å². The van der Waals surface area contributed by atoms with E-state index in [0.29, 0.717) is 5.41 Å². The van der Waals surface area contributed by atoms with Crippen molar-refractivity contribution < 1.29 is 0 Å². The van der Waals surface area contributed by atoms with Gasteiger partial charge in [0.15, 0.2) is 0 Å². The van der Waals surface area contributed by atoms with Gasteiger partial charge in [0.25, 0.3) is 0 Å². The van der Waals surface area contributed by atoms with Crippen molar-refractivity contribution in [2.45, 2.75) is 58.8 Å². The molecule has 0 radical (unpaired) electrons. The zero-order chi connectivity index (χ0) is 14.4. The molecule has 110 valence electrons. The Morgan fingerprint density at radius 3 is 2.15 bits per heavy atom. The van der Waals surface area contributed by atoms with Crippen LogP contribution in [0.4, 0.5) is 0 Å². The molecular weight excluding hydrogens is 242 g/mol. The van der Waals surface area contributed by atoms with Gasteiger partial charge >= 0.3 is 0 Å². The second kappa shape index (κ2) is 4.87. The molecule has 0 heterocycles. The highest BCUT2D eigenvalue weighted by molar-refractivity contribution is 5.38.